The van der Waals surface area contributed by atoms with Gasteiger partial charge in [0.25, 0.3) is 0 Å². The molecule has 2 aromatic heterocycles. The molecule has 0 spiro atoms. The van der Waals surface area contributed by atoms with Crippen LogP contribution >= 0.6 is 31.9 Å². The largest absolute Gasteiger partial charge is 0.309 e. The lowest BCUT2D eigenvalue weighted by molar-refractivity contribution is 1.13. The van der Waals surface area contributed by atoms with Gasteiger partial charge < -0.3 is 9.13 Å². The first kappa shape index (κ1) is 20.1. The molecule has 0 atom stereocenters. The van der Waals surface area contributed by atoms with Crippen molar-refractivity contribution in [3.05, 3.63) is 118 Å². The SMILES string of the molecule is Brc1ccc2c(c1)c1cc(Br)ccc1n2-c1cccc(-n2c3ccccc3c3ccccc32)c1. The maximum Gasteiger partial charge on any atom is 0.0541 e. The van der Waals surface area contributed by atoms with Gasteiger partial charge in [-0.25, -0.2) is 0 Å². The molecule has 0 aliphatic carbocycles. The van der Waals surface area contributed by atoms with E-state index in [0.717, 1.165) is 20.3 Å². The first-order valence-corrected chi connectivity index (χ1v) is 12.8. The number of fused-ring (bicyclic) bond motifs is 6. The van der Waals surface area contributed by atoms with Crippen LogP contribution in [0.2, 0.25) is 0 Å². The monoisotopic (exact) mass is 564 g/mol. The molecule has 2 heterocycles. The van der Waals surface area contributed by atoms with Gasteiger partial charge in [0.15, 0.2) is 0 Å². The molecule has 0 radical (unpaired) electrons. The lowest BCUT2D eigenvalue weighted by atomic mass is 10.2. The Bertz CT molecular complexity index is 1780. The quantitative estimate of drug-likeness (QED) is 0.197. The summed E-state index contributed by atoms with van der Waals surface area (Å²) in [7, 11) is 0. The number of nitrogens with zero attached hydrogens (tertiary/aromatic N) is 2. The van der Waals surface area contributed by atoms with Crippen LogP contribution in [-0.4, -0.2) is 9.13 Å². The van der Waals surface area contributed by atoms with E-state index in [1.54, 1.807) is 0 Å². The lowest BCUT2D eigenvalue weighted by Crippen LogP contribution is -1.98. The second-order valence-electron chi connectivity index (χ2n) is 8.55. The van der Waals surface area contributed by atoms with E-state index in [9.17, 15) is 0 Å². The van der Waals surface area contributed by atoms with Gasteiger partial charge in [0, 0.05) is 41.9 Å². The van der Waals surface area contributed by atoms with Gasteiger partial charge in [-0.05, 0) is 66.7 Å². The molecule has 0 N–H and O–H groups in total. The van der Waals surface area contributed by atoms with Crippen molar-refractivity contribution in [3.8, 4) is 11.4 Å². The molecule has 4 heteroatoms. The highest BCUT2D eigenvalue weighted by Gasteiger charge is 2.15. The molecule has 0 amide bonds. The van der Waals surface area contributed by atoms with Gasteiger partial charge in [-0.1, -0.05) is 74.3 Å². The zero-order valence-electron chi connectivity index (χ0n) is 18.0. The van der Waals surface area contributed by atoms with Crippen molar-refractivity contribution in [3.63, 3.8) is 0 Å². The fourth-order valence-electron chi connectivity index (χ4n) is 5.22. The van der Waals surface area contributed by atoms with Crippen LogP contribution in [-0.2, 0) is 0 Å². The van der Waals surface area contributed by atoms with Crippen LogP contribution in [0.4, 0.5) is 0 Å². The standard InChI is InChI=1S/C30H18Br2N2/c31-19-12-14-29-25(16-19)26-17-20(32)13-15-30(26)34(29)22-7-5-6-21(18-22)33-27-10-3-1-8-23(27)24-9-2-4-11-28(24)33/h1-18H. The van der Waals surface area contributed by atoms with Crippen LogP contribution in [0.1, 0.15) is 0 Å². The highest BCUT2D eigenvalue weighted by molar-refractivity contribution is 9.10. The highest BCUT2D eigenvalue weighted by atomic mass is 79.9. The van der Waals surface area contributed by atoms with Gasteiger partial charge >= 0.3 is 0 Å². The minimum absolute atomic E-state index is 1.08. The summed E-state index contributed by atoms with van der Waals surface area (Å²) in [4.78, 5) is 0. The van der Waals surface area contributed by atoms with Gasteiger partial charge in [0.05, 0.1) is 22.1 Å². The van der Waals surface area contributed by atoms with Crippen molar-refractivity contribution in [2.24, 2.45) is 0 Å². The molecule has 2 nitrogen and oxygen atoms in total. The van der Waals surface area contributed by atoms with Crippen molar-refractivity contribution >= 4 is 75.5 Å². The maximum atomic E-state index is 3.66. The summed E-state index contributed by atoms with van der Waals surface area (Å²) >= 11 is 7.32. The van der Waals surface area contributed by atoms with Crippen LogP contribution in [0.3, 0.4) is 0 Å². The molecule has 34 heavy (non-hydrogen) atoms. The van der Waals surface area contributed by atoms with E-state index in [0.29, 0.717) is 0 Å². The number of hydrogen-bond donors (Lipinski definition) is 0. The topological polar surface area (TPSA) is 9.86 Å². The molecule has 7 aromatic rings. The summed E-state index contributed by atoms with van der Waals surface area (Å²) in [5.74, 6) is 0. The van der Waals surface area contributed by atoms with Crippen molar-refractivity contribution in [1.29, 1.82) is 0 Å². The Morgan fingerprint density at radius 2 is 0.824 bits per heavy atom. The summed E-state index contributed by atoms with van der Waals surface area (Å²) in [6.45, 7) is 0. The van der Waals surface area contributed by atoms with Crippen LogP contribution in [0.15, 0.2) is 118 Å². The second-order valence-corrected chi connectivity index (χ2v) is 10.4. The van der Waals surface area contributed by atoms with Gasteiger partial charge in [-0.2, -0.15) is 0 Å². The fourth-order valence-corrected chi connectivity index (χ4v) is 5.94. The van der Waals surface area contributed by atoms with Crippen LogP contribution in [0.5, 0.6) is 0 Å². The molecule has 0 aliphatic rings. The van der Waals surface area contributed by atoms with Crippen molar-refractivity contribution in [2.75, 3.05) is 0 Å². The predicted octanol–water partition coefficient (Wildman–Crippen LogP) is 9.41. The third-order valence-electron chi connectivity index (χ3n) is 6.62. The first-order valence-electron chi connectivity index (χ1n) is 11.2. The lowest BCUT2D eigenvalue weighted by Gasteiger charge is -2.12. The Balaban J connectivity index is 1.55. The normalized spacial score (nSPS) is 11.8. The van der Waals surface area contributed by atoms with Crippen molar-refractivity contribution in [2.45, 2.75) is 0 Å². The molecule has 5 aromatic carbocycles. The summed E-state index contributed by atoms with van der Waals surface area (Å²) in [6, 6.07) is 39.2. The molecule has 162 valence electrons. The predicted molar refractivity (Wildman–Crippen MR) is 151 cm³/mol. The van der Waals surface area contributed by atoms with Crippen molar-refractivity contribution < 1.29 is 0 Å². The number of rotatable bonds is 2. The molecule has 0 unspecified atom stereocenters. The molecule has 0 saturated carbocycles. The average Bonchev–Trinajstić information content (AvgIpc) is 3.36. The Morgan fingerprint density at radius 1 is 0.382 bits per heavy atom. The van der Waals surface area contributed by atoms with Crippen LogP contribution < -0.4 is 0 Å². The van der Waals surface area contributed by atoms with Crippen LogP contribution in [0.25, 0.3) is 55.0 Å². The fraction of sp³-hybridized carbons (Fsp3) is 0. The second kappa shape index (κ2) is 7.59. The number of aromatic nitrogens is 2. The van der Waals surface area contributed by atoms with E-state index in [2.05, 4.69) is 150 Å². The van der Waals surface area contributed by atoms with Gasteiger partial charge in [-0.15, -0.1) is 0 Å². The summed E-state index contributed by atoms with van der Waals surface area (Å²) in [5, 5.41) is 5.01. The smallest absolute Gasteiger partial charge is 0.0541 e. The third kappa shape index (κ3) is 2.92. The Kier molecular flexibility index (Phi) is 4.48. The average molecular weight is 566 g/mol. The molecular weight excluding hydrogens is 548 g/mol. The number of hydrogen-bond acceptors (Lipinski definition) is 0. The summed E-state index contributed by atoms with van der Waals surface area (Å²) in [6.07, 6.45) is 0. The Morgan fingerprint density at radius 3 is 1.32 bits per heavy atom. The molecule has 0 bridgehead atoms. The summed E-state index contributed by atoms with van der Waals surface area (Å²) in [5.41, 5.74) is 7.11. The Labute approximate surface area is 213 Å². The third-order valence-corrected chi connectivity index (χ3v) is 7.60. The number of para-hydroxylation sites is 2. The summed E-state index contributed by atoms with van der Waals surface area (Å²) < 4.78 is 6.90. The maximum absolute atomic E-state index is 3.66. The number of benzene rings is 5. The van der Waals surface area contributed by atoms with Gasteiger partial charge in [-0.3, -0.25) is 0 Å². The van der Waals surface area contributed by atoms with Gasteiger partial charge in [0.1, 0.15) is 0 Å². The van der Waals surface area contributed by atoms with E-state index >= 15 is 0 Å². The zero-order valence-corrected chi connectivity index (χ0v) is 21.2. The van der Waals surface area contributed by atoms with Gasteiger partial charge in [0.2, 0.25) is 0 Å². The zero-order chi connectivity index (χ0) is 22.8. The first-order chi connectivity index (χ1) is 16.7. The van der Waals surface area contributed by atoms with E-state index in [1.165, 1.54) is 43.6 Å². The minimum Gasteiger partial charge on any atom is -0.309 e. The molecule has 0 fully saturated rings. The van der Waals surface area contributed by atoms with E-state index in [4.69, 9.17) is 0 Å². The molecule has 7 rings (SSSR count). The van der Waals surface area contributed by atoms with E-state index in [-0.39, 0.29) is 0 Å². The van der Waals surface area contributed by atoms with Crippen molar-refractivity contribution in [1.82, 2.24) is 9.13 Å². The Hall–Kier alpha value is -3.34. The van der Waals surface area contributed by atoms with Crippen LogP contribution in [0, 0.1) is 0 Å². The van der Waals surface area contributed by atoms with E-state index in [1.807, 2.05) is 0 Å². The number of halogens is 2. The highest BCUT2D eigenvalue weighted by Crippen LogP contribution is 2.37. The minimum atomic E-state index is 1.08. The molecule has 0 saturated heterocycles. The van der Waals surface area contributed by atoms with E-state index < -0.39 is 0 Å². The molecular formula is C30H18Br2N2. The molecule has 0 aliphatic heterocycles.